The summed E-state index contributed by atoms with van der Waals surface area (Å²) in [4.78, 5) is 0. The van der Waals surface area contributed by atoms with Crippen LogP contribution < -0.4 is 5.32 Å². The van der Waals surface area contributed by atoms with Crippen LogP contribution in [-0.2, 0) is 10.8 Å². The highest BCUT2D eigenvalue weighted by atomic mass is 35.5. The van der Waals surface area contributed by atoms with Gasteiger partial charge < -0.3 is 5.32 Å². The molecule has 0 bridgehead atoms. The Kier molecular flexibility index (Phi) is 2.37. The fourth-order valence-corrected chi connectivity index (χ4v) is 2.02. The Morgan fingerprint density at radius 3 is 2.86 bits per heavy atom. The Morgan fingerprint density at radius 1 is 1.43 bits per heavy atom. The van der Waals surface area contributed by atoms with E-state index in [4.69, 9.17) is 11.6 Å². The number of rotatable bonds is 1. The molecule has 0 spiro atoms. The predicted octanol–water partition coefficient (Wildman–Crippen LogP) is 2.40. The van der Waals surface area contributed by atoms with Crippen molar-refractivity contribution in [3.05, 3.63) is 35.9 Å². The third-order valence-electron chi connectivity index (χ3n) is 2.16. The number of fused-ring (bicyclic) bond motifs is 1. The van der Waals surface area contributed by atoms with Crippen LogP contribution in [-0.4, -0.2) is 14.8 Å². The lowest BCUT2D eigenvalue weighted by Crippen LogP contribution is -2.35. The van der Waals surface area contributed by atoms with E-state index in [2.05, 4.69) is 5.32 Å². The third kappa shape index (κ3) is 1.57. The third-order valence-corrected chi connectivity index (χ3v) is 4.11. The highest BCUT2D eigenvalue weighted by Crippen LogP contribution is 2.32. The first kappa shape index (κ1) is 9.74. The maximum Gasteiger partial charge on any atom is 0.207 e. The van der Waals surface area contributed by atoms with E-state index in [1.54, 1.807) is 12.3 Å². The number of halogens is 1. The molecule has 1 heterocycles. The molecule has 0 aromatic heterocycles. The van der Waals surface area contributed by atoms with Crippen molar-refractivity contribution < 1.29 is 4.21 Å². The molecule has 0 radical (unpaired) electrons. The zero-order valence-electron chi connectivity index (χ0n) is 7.66. The summed E-state index contributed by atoms with van der Waals surface area (Å²) in [6, 6.07) is 7.77. The normalized spacial score (nSPS) is 26.4. The molecule has 14 heavy (non-hydrogen) atoms. The summed E-state index contributed by atoms with van der Waals surface area (Å²) in [5, 5.41) is 3.05. The smallest absolute Gasteiger partial charge is 0.207 e. The number of benzene rings is 1. The molecule has 0 saturated heterocycles. The van der Waals surface area contributed by atoms with Gasteiger partial charge in [-0.1, -0.05) is 35.9 Å². The van der Waals surface area contributed by atoms with E-state index in [0.29, 0.717) is 0 Å². The lowest BCUT2D eigenvalue weighted by Gasteiger charge is -2.28. The van der Waals surface area contributed by atoms with E-state index >= 15 is 0 Å². The summed E-state index contributed by atoms with van der Waals surface area (Å²) in [5.41, 5.74) is 1.98. The SMILES string of the molecule is CS(=O)C1(Cl)C=Cc2ccccc2N1. The van der Waals surface area contributed by atoms with Gasteiger partial charge in [0.05, 0.1) is 10.8 Å². The van der Waals surface area contributed by atoms with Gasteiger partial charge in [0.25, 0.3) is 0 Å². The molecule has 0 aliphatic carbocycles. The van der Waals surface area contributed by atoms with Gasteiger partial charge in [0.15, 0.2) is 0 Å². The molecular formula is C10H10ClNOS. The number of hydrogen-bond acceptors (Lipinski definition) is 2. The molecular weight excluding hydrogens is 218 g/mol. The van der Waals surface area contributed by atoms with Crippen LogP contribution in [0.2, 0.25) is 0 Å². The Balaban J connectivity index is 2.43. The summed E-state index contributed by atoms with van der Waals surface area (Å²) in [6.07, 6.45) is 5.20. The summed E-state index contributed by atoms with van der Waals surface area (Å²) >= 11 is 6.14. The van der Waals surface area contributed by atoms with Crippen LogP contribution in [0.25, 0.3) is 6.08 Å². The first-order chi connectivity index (χ1) is 6.62. The van der Waals surface area contributed by atoms with Crippen LogP contribution in [0.3, 0.4) is 0 Å². The van der Waals surface area contributed by atoms with Crippen molar-refractivity contribution >= 4 is 34.2 Å². The number of anilines is 1. The number of nitrogens with one attached hydrogen (secondary N) is 1. The van der Waals surface area contributed by atoms with Crippen molar-refractivity contribution in [1.82, 2.24) is 0 Å². The molecule has 2 rings (SSSR count). The largest absolute Gasteiger partial charge is 0.353 e. The van der Waals surface area contributed by atoms with Gasteiger partial charge in [-0.2, -0.15) is 0 Å². The zero-order chi connectivity index (χ0) is 10.2. The molecule has 0 saturated carbocycles. The molecule has 2 nitrogen and oxygen atoms in total. The average molecular weight is 228 g/mol. The average Bonchev–Trinajstić information content (AvgIpc) is 2.17. The quantitative estimate of drug-likeness (QED) is 0.590. The lowest BCUT2D eigenvalue weighted by atomic mass is 10.1. The molecule has 4 heteroatoms. The number of para-hydroxylation sites is 1. The van der Waals surface area contributed by atoms with Crippen molar-refractivity contribution in [2.45, 2.75) is 4.33 Å². The predicted molar refractivity (Wildman–Crippen MR) is 61.7 cm³/mol. The van der Waals surface area contributed by atoms with Gasteiger partial charge in [-0.15, -0.1) is 0 Å². The molecule has 1 aliphatic heterocycles. The lowest BCUT2D eigenvalue weighted by molar-refractivity contribution is 0.681. The van der Waals surface area contributed by atoms with Gasteiger partial charge in [-0.3, -0.25) is 4.21 Å². The van der Waals surface area contributed by atoms with Crippen LogP contribution in [0, 0.1) is 0 Å². The Labute approximate surface area is 90.4 Å². The summed E-state index contributed by atoms with van der Waals surface area (Å²) in [7, 11) is -1.16. The van der Waals surface area contributed by atoms with E-state index in [1.165, 1.54) is 0 Å². The van der Waals surface area contributed by atoms with Gasteiger partial charge in [0, 0.05) is 11.9 Å². The van der Waals surface area contributed by atoms with Crippen LogP contribution in [0.1, 0.15) is 5.56 Å². The standard InChI is InChI=1S/C10H10ClNOS/c1-14(13)10(11)7-6-8-4-2-3-5-9(8)12-10/h2-7,12H,1H3. The fourth-order valence-electron chi connectivity index (χ4n) is 1.35. The Hall–Kier alpha value is -0.800. The number of hydrogen-bond donors (Lipinski definition) is 1. The molecule has 2 unspecified atom stereocenters. The van der Waals surface area contributed by atoms with Gasteiger partial charge >= 0.3 is 0 Å². The monoisotopic (exact) mass is 227 g/mol. The van der Waals surface area contributed by atoms with Gasteiger partial charge in [-0.05, 0) is 17.7 Å². The molecule has 74 valence electrons. The Morgan fingerprint density at radius 2 is 2.14 bits per heavy atom. The van der Waals surface area contributed by atoms with Crippen molar-refractivity contribution in [2.75, 3.05) is 11.6 Å². The molecule has 0 amide bonds. The highest BCUT2D eigenvalue weighted by molar-refractivity contribution is 7.87. The second kappa shape index (κ2) is 3.41. The van der Waals surface area contributed by atoms with Crippen LogP contribution in [0.5, 0.6) is 0 Å². The molecule has 1 N–H and O–H groups in total. The van der Waals surface area contributed by atoms with Crippen LogP contribution in [0.4, 0.5) is 5.69 Å². The zero-order valence-corrected chi connectivity index (χ0v) is 9.23. The second-order valence-corrected chi connectivity index (χ2v) is 5.52. The van der Waals surface area contributed by atoms with Crippen LogP contribution >= 0.6 is 11.6 Å². The summed E-state index contributed by atoms with van der Waals surface area (Å²) in [5.74, 6) is 0. The van der Waals surface area contributed by atoms with E-state index in [9.17, 15) is 4.21 Å². The number of alkyl halides is 1. The molecule has 0 fully saturated rings. The maximum atomic E-state index is 11.4. The first-order valence-electron chi connectivity index (χ1n) is 4.21. The van der Waals surface area contributed by atoms with Gasteiger partial charge in [0.1, 0.15) is 0 Å². The van der Waals surface area contributed by atoms with Crippen LogP contribution in [0.15, 0.2) is 30.3 Å². The van der Waals surface area contributed by atoms with Gasteiger partial charge in [0.2, 0.25) is 4.33 Å². The molecule has 1 aromatic carbocycles. The molecule has 1 aromatic rings. The Bertz CT molecular complexity index is 418. The maximum absolute atomic E-state index is 11.4. The second-order valence-electron chi connectivity index (χ2n) is 3.14. The van der Waals surface area contributed by atoms with E-state index in [1.807, 2.05) is 30.3 Å². The van der Waals surface area contributed by atoms with Gasteiger partial charge in [-0.25, -0.2) is 0 Å². The topological polar surface area (TPSA) is 29.1 Å². The highest BCUT2D eigenvalue weighted by Gasteiger charge is 2.31. The van der Waals surface area contributed by atoms with E-state index < -0.39 is 15.1 Å². The minimum Gasteiger partial charge on any atom is -0.353 e. The summed E-state index contributed by atoms with van der Waals surface area (Å²) < 4.78 is 10.4. The fraction of sp³-hybridized carbons (Fsp3) is 0.200. The van der Waals surface area contributed by atoms with Crippen molar-refractivity contribution in [3.63, 3.8) is 0 Å². The molecule has 1 aliphatic rings. The van der Waals surface area contributed by atoms with Crippen molar-refractivity contribution in [1.29, 1.82) is 0 Å². The van der Waals surface area contributed by atoms with E-state index in [0.717, 1.165) is 11.3 Å². The first-order valence-corrected chi connectivity index (χ1v) is 6.14. The van der Waals surface area contributed by atoms with Crippen molar-refractivity contribution in [3.8, 4) is 0 Å². The molecule has 2 atom stereocenters. The van der Waals surface area contributed by atoms with Crippen molar-refractivity contribution in [2.24, 2.45) is 0 Å². The minimum atomic E-state index is -1.16. The minimum absolute atomic E-state index is 0.917. The summed E-state index contributed by atoms with van der Waals surface area (Å²) in [6.45, 7) is 0. The van der Waals surface area contributed by atoms with E-state index in [-0.39, 0.29) is 0 Å².